The maximum absolute atomic E-state index is 11.6. The summed E-state index contributed by atoms with van der Waals surface area (Å²) in [5.74, 6) is 0. The molecule has 0 fully saturated rings. The van der Waals surface area contributed by atoms with Crippen LogP contribution in [0.1, 0.15) is 5.69 Å². The maximum atomic E-state index is 11.6. The second-order valence-electron chi connectivity index (χ2n) is 5.79. The van der Waals surface area contributed by atoms with Crippen molar-refractivity contribution in [2.45, 2.75) is 6.92 Å². The van der Waals surface area contributed by atoms with Crippen LogP contribution in [0.2, 0.25) is 0 Å². The van der Waals surface area contributed by atoms with Gasteiger partial charge in [-0.25, -0.2) is 0 Å². The highest BCUT2D eigenvalue weighted by Gasteiger charge is 2.24. The fourth-order valence-corrected chi connectivity index (χ4v) is 4.73. The first-order valence-electron chi connectivity index (χ1n) is 7.47. The number of H-pyrrole nitrogens is 1. The number of thiophene rings is 1. The molecular weight excluding hydrogens is 304 g/mol. The van der Waals surface area contributed by atoms with Crippen molar-refractivity contribution in [2.24, 2.45) is 5.18 Å². The van der Waals surface area contributed by atoms with Gasteiger partial charge in [-0.3, -0.25) is 0 Å². The smallest absolute Gasteiger partial charge is 0.125 e. The molecule has 0 radical (unpaired) electrons. The summed E-state index contributed by atoms with van der Waals surface area (Å²) in [7, 11) is 0. The number of benzene rings is 2. The van der Waals surface area contributed by atoms with Crippen molar-refractivity contribution in [2.75, 3.05) is 0 Å². The van der Waals surface area contributed by atoms with E-state index < -0.39 is 0 Å². The van der Waals surface area contributed by atoms with Gasteiger partial charge in [-0.15, -0.1) is 16.2 Å². The average Bonchev–Trinajstić information content (AvgIpc) is 3.11. The minimum Gasteiger partial charge on any atom is -0.357 e. The molecule has 2 heterocycles. The van der Waals surface area contributed by atoms with Gasteiger partial charge in [-0.2, -0.15) is 0 Å². The molecule has 4 heteroatoms. The van der Waals surface area contributed by atoms with Gasteiger partial charge in [0.1, 0.15) is 5.69 Å². The topological polar surface area (TPSA) is 45.2 Å². The monoisotopic (exact) mass is 316 g/mol. The summed E-state index contributed by atoms with van der Waals surface area (Å²) >= 11 is 1.76. The Morgan fingerprint density at radius 3 is 2.43 bits per heavy atom. The summed E-state index contributed by atoms with van der Waals surface area (Å²) in [4.78, 5) is 15.1. The third-order valence-corrected chi connectivity index (χ3v) is 5.82. The SMILES string of the molecule is Cc1[nH]c2c3ccccc3c(N=O)c-2c2c1sc1ccccc12. The molecule has 2 aromatic carbocycles. The van der Waals surface area contributed by atoms with Gasteiger partial charge in [-0.1, -0.05) is 42.5 Å². The minimum atomic E-state index is 0.542. The van der Waals surface area contributed by atoms with Crippen molar-refractivity contribution in [3.8, 4) is 11.3 Å². The Labute approximate surface area is 135 Å². The fraction of sp³-hybridized carbons (Fsp3) is 0.0526. The molecule has 3 nitrogen and oxygen atoms in total. The zero-order valence-corrected chi connectivity index (χ0v) is 13.2. The van der Waals surface area contributed by atoms with Crippen LogP contribution in [0.5, 0.6) is 0 Å². The molecule has 0 saturated heterocycles. The number of hydrogen-bond acceptors (Lipinski definition) is 3. The summed E-state index contributed by atoms with van der Waals surface area (Å²) in [6.45, 7) is 2.09. The molecule has 1 aliphatic heterocycles. The lowest BCUT2D eigenvalue weighted by molar-refractivity contribution is 1.26. The zero-order valence-electron chi connectivity index (χ0n) is 12.4. The lowest BCUT2D eigenvalue weighted by atomic mass is 10.0. The van der Waals surface area contributed by atoms with Gasteiger partial charge in [0.2, 0.25) is 0 Å². The number of nitroso groups, excluding NO2 is 1. The predicted molar refractivity (Wildman–Crippen MR) is 98.0 cm³/mol. The van der Waals surface area contributed by atoms with E-state index in [0.29, 0.717) is 5.69 Å². The Bertz CT molecular complexity index is 1200. The Morgan fingerprint density at radius 1 is 0.957 bits per heavy atom. The lowest BCUT2D eigenvalue weighted by Crippen LogP contribution is -1.87. The van der Waals surface area contributed by atoms with Crippen molar-refractivity contribution < 1.29 is 0 Å². The number of fused-ring (bicyclic) bond motifs is 7. The molecule has 110 valence electrons. The van der Waals surface area contributed by atoms with Crippen LogP contribution in [0.3, 0.4) is 0 Å². The van der Waals surface area contributed by atoms with Gasteiger partial charge in [0.25, 0.3) is 0 Å². The van der Waals surface area contributed by atoms with Crippen molar-refractivity contribution in [1.82, 2.24) is 4.98 Å². The third-order valence-electron chi connectivity index (χ3n) is 4.53. The number of rotatable bonds is 1. The van der Waals surface area contributed by atoms with E-state index in [1.165, 1.54) is 14.8 Å². The maximum Gasteiger partial charge on any atom is 0.125 e. The second kappa shape index (κ2) is 4.40. The van der Waals surface area contributed by atoms with Gasteiger partial charge >= 0.3 is 0 Å². The fourth-order valence-electron chi connectivity index (χ4n) is 3.57. The number of nitrogens with zero attached hydrogens (tertiary/aromatic N) is 1. The Kier molecular flexibility index (Phi) is 2.44. The first-order chi connectivity index (χ1) is 11.3. The molecule has 0 saturated carbocycles. The molecule has 1 aromatic heterocycles. The zero-order chi connectivity index (χ0) is 15.6. The summed E-state index contributed by atoms with van der Waals surface area (Å²) < 4.78 is 2.42. The van der Waals surface area contributed by atoms with Crippen LogP contribution in [0.4, 0.5) is 5.69 Å². The molecule has 1 aliphatic carbocycles. The van der Waals surface area contributed by atoms with Crippen molar-refractivity contribution >= 4 is 48.0 Å². The van der Waals surface area contributed by atoms with Crippen LogP contribution in [0, 0.1) is 11.8 Å². The Morgan fingerprint density at radius 2 is 1.65 bits per heavy atom. The molecule has 0 atom stereocenters. The minimum absolute atomic E-state index is 0.542. The first kappa shape index (κ1) is 12.8. The van der Waals surface area contributed by atoms with E-state index in [-0.39, 0.29) is 0 Å². The van der Waals surface area contributed by atoms with Gasteiger partial charge in [0, 0.05) is 37.5 Å². The molecule has 2 aliphatic rings. The van der Waals surface area contributed by atoms with Crippen LogP contribution >= 0.6 is 11.3 Å². The predicted octanol–water partition coefficient (Wildman–Crippen LogP) is 6.35. The lowest BCUT2D eigenvalue weighted by Gasteiger charge is -2.07. The molecule has 0 unspecified atom stereocenters. The number of nitrogens with one attached hydrogen (secondary N) is 1. The van der Waals surface area contributed by atoms with Crippen molar-refractivity contribution in [3.05, 3.63) is 59.1 Å². The Balaban J connectivity index is 2.17. The highest BCUT2D eigenvalue weighted by atomic mass is 32.1. The van der Waals surface area contributed by atoms with E-state index in [2.05, 4.69) is 29.2 Å². The molecule has 0 amide bonds. The van der Waals surface area contributed by atoms with E-state index in [4.69, 9.17) is 0 Å². The normalized spacial score (nSPS) is 11.9. The number of pyridine rings is 1. The molecule has 23 heavy (non-hydrogen) atoms. The quantitative estimate of drug-likeness (QED) is 0.360. The summed E-state index contributed by atoms with van der Waals surface area (Å²) in [5.41, 5.74) is 3.62. The molecule has 3 aromatic rings. The molecule has 1 N–H and O–H groups in total. The standard InChI is InChI=1S/C19H12N2OS/c1-10-19-15(13-8-4-5-9-14(13)23-19)16-17(20-10)11-6-2-3-7-12(11)18(16)21-22/h2-9,20H,1H3. The van der Waals surface area contributed by atoms with Gasteiger partial charge in [-0.05, 0) is 18.2 Å². The number of aryl methyl sites for hydroxylation is 1. The Hall–Kier alpha value is -2.72. The number of aromatic nitrogens is 1. The van der Waals surface area contributed by atoms with Gasteiger partial charge in [0.05, 0.1) is 10.4 Å². The van der Waals surface area contributed by atoms with Crippen LogP contribution in [-0.4, -0.2) is 4.98 Å². The van der Waals surface area contributed by atoms with Crippen LogP contribution in [0.25, 0.3) is 42.2 Å². The first-order valence-corrected chi connectivity index (χ1v) is 8.29. The van der Waals surface area contributed by atoms with E-state index in [0.717, 1.165) is 33.1 Å². The van der Waals surface area contributed by atoms with E-state index >= 15 is 0 Å². The van der Waals surface area contributed by atoms with E-state index in [1.807, 2.05) is 36.4 Å². The number of hydrogen-bond donors (Lipinski definition) is 1. The van der Waals surface area contributed by atoms with Crippen LogP contribution < -0.4 is 0 Å². The van der Waals surface area contributed by atoms with Crippen LogP contribution in [-0.2, 0) is 0 Å². The van der Waals surface area contributed by atoms with E-state index in [1.54, 1.807) is 11.3 Å². The molecular formula is C19H12N2OS. The molecule has 0 spiro atoms. The van der Waals surface area contributed by atoms with E-state index in [9.17, 15) is 4.91 Å². The van der Waals surface area contributed by atoms with Crippen LogP contribution in [0.15, 0.2) is 53.7 Å². The van der Waals surface area contributed by atoms with Gasteiger partial charge in [0.15, 0.2) is 0 Å². The van der Waals surface area contributed by atoms with Gasteiger partial charge < -0.3 is 4.98 Å². The van der Waals surface area contributed by atoms with Crippen molar-refractivity contribution in [1.29, 1.82) is 0 Å². The average molecular weight is 316 g/mol. The number of aromatic amines is 1. The molecule has 5 rings (SSSR count). The second-order valence-corrected chi connectivity index (χ2v) is 6.84. The summed E-state index contributed by atoms with van der Waals surface area (Å²) in [6.07, 6.45) is 0. The summed E-state index contributed by atoms with van der Waals surface area (Å²) in [6, 6.07) is 16.3. The molecule has 0 bridgehead atoms. The largest absolute Gasteiger partial charge is 0.357 e. The highest BCUT2D eigenvalue weighted by molar-refractivity contribution is 7.26. The summed E-state index contributed by atoms with van der Waals surface area (Å²) in [5, 5.41) is 7.68. The third kappa shape index (κ3) is 1.53. The van der Waals surface area contributed by atoms with Crippen molar-refractivity contribution in [3.63, 3.8) is 0 Å². The highest BCUT2D eigenvalue weighted by Crippen LogP contribution is 2.51.